The smallest absolute Gasteiger partial charge is 0.341 e. The van der Waals surface area contributed by atoms with Gasteiger partial charge in [-0.3, -0.25) is 0 Å². The lowest BCUT2D eigenvalue weighted by Crippen LogP contribution is -2.07. The Hall–Kier alpha value is -1.32. The van der Waals surface area contributed by atoms with Crippen molar-refractivity contribution in [3.8, 4) is 0 Å². The van der Waals surface area contributed by atoms with Crippen molar-refractivity contribution in [3.05, 3.63) is 17.0 Å². The second kappa shape index (κ2) is 5.14. The summed E-state index contributed by atoms with van der Waals surface area (Å²) in [5.74, 6) is 0.0385. The lowest BCUT2D eigenvalue weighted by atomic mass is 9.97. The van der Waals surface area contributed by atoms with E-state index in [1.54, 1.807) is 0 Å². The third-order valence-electron chi connectivity index (χ3n) is 2.68. The van der Waals surface area contributed by atoms with Crippen molar-refractivity contribution in [2.75, 3.05) is 0 Å². The lowest BCUT2D eigenvalue weighted by Gasteiger charge is -2.05. The van der Waals surface area contributed by atoms with Gasteiger partial charge in [0.05, 0.1) is 0 Å². The predicted octanol–water partition coefficient (Wildman–Crippen LogP) is 3.08. The summed E-state index contributed by atoms with van der Waals surface area (Å²) in [6.07, 6.45) is 1.47. The summed E-state index contributed by atoms with van der Waals surface area (Å²) >= 11 is 0. The predicted molar refractivity (Wildman–Crippen MR) is 60.7 cm³/mol. The quantitative estimate of drug-likeness (QED) is 0.836. The van der Waals surface area contributed by atoms with Crippen LogP contribution in [0.15, 0.2) is 4.52 Å². The molecular weight excluding hydrogens is 206 g/mol. The van der Waals surface area contributed by atoms with E-state index in [2.05, 4.69) is 5.16 Å². The molecule has 0 fully saturated rings. The Morgan fingerprint density at radius 3 is 2.50 bits per heavy atom. The fraction of sp³-hybridized carbons (Fsp3) is 0.667. The highest BCUT2D eigenvalue weighted by atomic mass is 16.5. The van der Waals surface area contributed by atoms with E-state index < -0.39 is 5.97 Å². The normalized spacial score (nSPS) is 13.1. The molecule has 1 N–H and O–H groups in total. The molecule has 0 radical (unpaired) electrons. The summed E-state index contributed by atoms with van der Waals surface area (Å²) < 4.78 is 5.16. The van der Waals surface area contributed by atoms with Crippen molar-refractivity contribution in [2.45, 2.75) is 46.5 Å². The molecule has 4 heteroatoms. The first-order chi connectivity index (χ1) is 7.47. The van der Waals surface area contributed by atoms with Gasteiger partial charge in [0.2, 0.25) is 0 Å². The highest BCUT2D eigenvalue weighted by molar-refractivity contribution is 5.90. The van der Waals surface area contributed by atoms with E-state index in [4.69, 9.17) is 4.52 Å². The molecule has 0 aliphatic heterocycles. The minimum Gasteiger partial charge on any atom is -0.477 e. The Bertz CT molecular complexity index is 368. The zero-order valence-electron chi connectivity index (χ0n) is 10.3. The van der Waals surface area contributed by atoms with E-state index in [-0.39, 0.29) is 11.5 Å². The first-order valence-corrected chi connectivity index (χ1v) is 5.69. The highest BCUT2D eigenvalue weighted by Gasteiger charge is 2.25. The van der Waals surface area contributed by atoms with Crippen LogP contribution in [0.2, 0.25) is 0 Å². The molecule has 1 atom stereocenters. The molecule has 0 saturated heterocycles. The number of nitrogens with zero attached hydrogens (tertiary/aromatic N) is 1. The number of carboxylic acids is 1. The molecular formula is C12H19NO3. The first kappa shape index (κ1) is 12.7. The zero-order chi connectivity index (χ0) is 12.3. The monoisotopic (exact) mass is 225 g/mol. The van der Waals surface area contributed by atoms with Crippen LogP contribution in [0, 0.1) is 5.92 Å². The van der Waals surface area contributed by atoms with Crippen molar-refractivity contribution in [2.24, 2.45) is 5.92 Å². The molecule has 1 aromatic rings. The van der Waals surface area contributed by atoms with E-state index in [1.807, 2.05) is 27.7 Å². The van der Waals surface area contributed by atoms with Gasteiger partial charge in [0.15, 0.2) is 5.76 Å². The van der Waals surface area contributed by atoms with Crippen molar-refractivity contribution < 1.29 is 14.4 Å². The van der Waals surface area contributed by atoms with Gasteiger partial charge in [-0.2, -0.15) is 0 Å². The Labute approximate surface area is 95.6 Å². The maximum atomic E-state index is 11.2. The SMILES string of the molecule is CCC(C)c1noc(CC(C)C)c1C(=O)O. The topological polar surface area (TPSA) is 63.3 Å². The number of carboxylic acid groups (broad SMARTS) is 1. The van der Waals surface area contributed by atoms with Crippen molar-refractivity contribution in [1.29, 1.82) is 0 Å². The van der Waals surface area contributed by atoms with E-state index in [0.29, 0.717) is 23.8 Å². The van der Waals surface area contributed by atoms with Crippen LogP contribution < -0.4 is 0 Å². The number of hydrogen-bond donors (Lipinski definition) is 1. The third-order valence-corrected chi connectivity index (χ3v) is 2.68. The molecule has 0 saturated carbocycles. The van der Waals surface area contributed by atoms with Crippen LogP contribution in [-0.4, -0.2) is 16.2 Å². The van der Waals surface area contributed by atoms with Crippen molar-refractivity contribution >= 4 is 5.97 Å². The number of rotatable bonds is 5. The van der Waals surface area contributed by atoms with Gasteiger partial charge in [-0.1, -0.05) is 32.9 Å². The largest absolute Gasteiger partial charge is 0.477 e. The summed E-state index contributed by atoms with van der Waals surface area (Å²) in [6, 6.07) is 0. The van der Waals surface area contributed by atoms with Crippen molar-refractivity contribution in [1.82, 2.24) is 5.16 Å². The second-order valence-electron chi connectivity index (χ2n) is 4.58. The number of aromatic carboxylic acids is 1. The molecule has 0 amide bonds. The summed E-state index contributed by atoms with van der Waals surface area (Å²) in [7, 11) is 0. The number of hydrogen-bond acceptors (Lipinski definition) is 3. The molecule has 0 aliphatic carbocycles. The van der Waals surface area contributed by atoms with Gasteiger partial charge in [-0.25, -0.2) is 4.79 Å². The molecule has 0 aliphatic rings. The zero-order valence-corrected chi connectivity index (χ0v) is 10.3. The maximum Gasteiger partial charge on any atom is 0.341 e. The van der Waals surface area contributed by atoms with Crippen LogP contribution in [0.25, 0.3) is 0 Å². The molecule has 16 heavy (non-hydrogen) atoms. The highest BCUT2D eigenvalue weighted by Crippen LogP contribution is 2.26. The van der Waals surface area contributed by atoms with Crippen LogP contribution in [0.3, 0.4) is 0 Å². The molecule has 0 spiro atoms. The van der Waals surface area contributed by atoms with Crippen LogP contribution >= 0.6 is 0 Å². The molecule has 4 nitrogen and oxygen atoms in total. The van der Waals surface area contributed by atoms with Crippen LogP contribution in [0.1, 0.15) is 61.8 Å². The average Bonchev–Trinajstić information content (AvgIpc) is 2.59. The fourth-order valence-corrected chi connectivity index (χ4v) is 1.61. The minimum atomic E-state index is -0.938. The number of carbonyl (C=O) groups is 1. The van der Waals surface area contributed by atoms with Gasteiger partial charge in [-0.15, -0.1) is 0 Å². The molecule has 1 rings (SSSR count). The molecule has 0 aromatic carbocycles. The average molecular weight is 225 g/mol. The van der Waals surface area contributed by atoms with E-state index in [1.165, 1.54) is 0 Å². The van der Waals surface area contributed by atoms with E-state index >= 15 is 0 Å². The Morgan fingerprint density at radius 2 is 2.06 bits per heavy atom. The summed E-state index contributed by atoms with van der Waals surface area (Å²) in [4.78, 5) is 11.2. The Morgan fingerprint density at radius 1 is 1.44 bits per heavy atom. The fourth-order valence-electron chi connectivity index (χ4n) is 1.61. The first-order valence-electron chi connectivity index (χ1n) is 5.69. The molecule has 1 heterocycles. The Balaban J connectivity index is 3.11. The van der Waals surface area contributed by atoms with Gasteiger partial charge in [0, 0.05) is 12.3 Å². The van der Waals surface area contributed by atoms with Gasteiger partial charge >= 0.3 is 5.97 Å². The van der Waals surface area contributed by atoms with E-state index in [9.17, 15) is 9.90 Å². The third kappa shape index (κ3) is 2.62. The van der Waals surface area contributed by atoms with Gasteiger partial charge < -0.3 is 9.63 Å². The van der Waals surface area contributed by atoms with Gasteiger partial charge in [0.1, 0.15) is 11.3 Å². The molecule has 90 valence electrons. The van der Waals surface area contributed by atoms with Crippen molar-refractivity contribution in [3.63, 3.8) is 0 Å². The maximum absolute atomic E-state index is 11.2. The molecule has 1 aromatic heterocycles. The molecule has 1 unspecified atom stereocenters. The standard InChI is InChI=1S/C12H19NO3/c1-5-8(4)11-10(12(14)15)9(16-13-11)6-7(2)3/h7-8H,5-6H2,1-4H3,(H,14,15). The minimum absolute atomic E-state index is 0.121. The number of aromatic nitrogens is 1. The van der Waals surface area contributed by atoms with Gasteiger partial charge in [-0.05, 0) is 12.3 Å². The van der Waals surface area contributed by atoms with Crippen LogP contribution in [0.5, 0.6) is 0 Å². The second-order valence-corrected chi connectivity index (χ2v) is 4.58. The van der Waals surface area contributed by atoms with E-state index in [0.717, 1.165) is 6.42 Å². The summed E-state index contributed by atoms with van der Waals surface area (Å²) in [6.45, 7) is 8.02. The van der Waals surface area contributed by atoms with Crippen LogP contribution in [0.4, 0.5) is 0 Å². The molecule has 0 bridgehead atoms. The van der Waals surface area contributed by atoms with Gasteiger partial charge in [0.25, 0.3) is 0 Å². The summed E-state index contributed by atoms with van der Waals surface area (Å²) in [5, 5.41) is 13.1. The Kier molecular flexibility index (Phi) is 4.10. The lowest BCUT2D eigenvalue weighted by molar-refractivity contribution is 0.0692. The van der Waals surface area contributed by atoms with Crippen LogP contribution in [-0.2, 0) is 6.42 Å². The summed E-state index contributed by atoms with van der Waals surface area (Å²) in [5.41, 5.74) is 0.841.